The number of pyridine rings is 2. The average molecular weight is 1510 g/mol. The van der Waals surface area contributed by atoms with Crippen LogP contribution in [0.1, 0.15) is 119 Å². The number of benzene rings is 2. The van der Waals surface area contributed by atoms with Gasteiger partial charge in [-0.05, 0) is 99.3 Å². The van der Waals surface area contributed by atoms with Crippen molar-refractivity contribution >= 4 is 101 Å². The number of carbonyl (C=O) groups excluding carboxylic acids is 6. The number of fused-ring (bicyclic) bond motifs is 2. The number of amides is 6. The topological polar surface area (TPSA) is 391 Å². The number of ether oxygens (including phenoxy) is 6. The second kappa shape index (κ2) is 30.7. The zero-order chi connectivity index (χ0) is 75.0. The number of methoxy groups -OCH3 is 2. The Morgan fingerprint density at radius 2 is 1.03 bits per heavy atom. The summed E-state index contributed by atoms with van der Waals surface area (Å²) in [6.45, 7) is 18.0. The van der Waals surface area contributed by atoms with Crippen molar-refractivity contribution in [3.8, 4) is 45.8 Å². The molecule has 4 aromatic heterocycles. The molecule has 6 amide bonds. The number of nitrogens with one attached hydrogen (secondary N) is 5. The summed E-state index contributed by atoms with van der Waals surface area (Å²) in [5.74, 6) is -1.83. The Hall–Kier alpha value is -8.28. The van der Waals surface area contributed by atoms with Crippen molar-refractivity contribution in [3.05, 3.63) is 90.1 Å². The number of carbonyl (C=O) groups is 6. The lowest BCUT2D eigenvalue weighted by Crippen LogP contribution is -2.58. The number of hydrogen-bond acceptors (Lipinski definition) is 21. The molecular formula is C71H91N11O18P2S2. The third-order valence-electron chi connectivity index (χ3n) is 20.1. The van der Waals surface area contributed by atoms with Crippen molar-refractivity contribution in [2.24, 2.45) is 22.7 Å². The van der Waals surface area contributed by atoms with Crippen molar-refractivity contribution in [2.75, 3.05) is 39.7 Å². The van der Waals surface area contributed by atoms with Gasteiger partial charge in [0, 0.05) is 77.5 Å². The highest BCUT2D eigenvalue weighted by Gasteiger charge is 2.68. The van der Waals surface area contributed by atoms with Gasteiger partial charge in [0.2, 0.25) is 23.6 Å². The smallest absolute Gasteiger partial charge is 0.408 e. The van der Waals surface area contributed by atoms with Gasteiger partial charge in [-0.15, -0.1) is 35.8 Å². The first-order valence-electron chi connectivity index (χ1n) is 34.6. The highest BCUT2D eigenvalue weighted by atomic mass is 32.1. The van der Waals surface area contributed by atoms with E-state index in [0.29, 0.717) is 72.7 Å². The predicted molar refractivity (Wildman–Crippen MR) is 390 cm³/mol. The Morgan fingerprint density at radius 3 is 1.38 bits per heavy atom. The molecule has 0 spiro atoms. The molecule has 10 atom stereocenters. The molecule has 9 N–H and O–H groups in total. The van der Waals surface area contributed by atoms with E-state index in [4.69, 9.17) is 38.4 Å². The maximum Gasteiger partial charge on any atom is 0.408 e. The minimum absolute atomic E-state index is 0.00293. The molecule has 4 aliphatic carbocycles. The van der Waals surface area contributed by atoms with E-state index in [0.717, 1.165) is 51.4 Å². The second-order valence-corrected chi connectivity index (χ2v) is 34.8. The molecule has 2 aliphatic heterocycles. The minimum atomic E-state index is -4.83. The van der Waals surface area contributed by atoms with Gasteiger partial charge in [-0.1, -0.05) is 53.7 Å². The molecule has 0 radical (unpaired) electrons. The molecule has 104 heavy (non-hydrogen) atoms. The monoisotopic (exact) mass is 1510 g/mol. The molecule has 6 aliphatic rings. The summed E-state index contributed by atoms with van der Waals surface area (Å²) in [7, 11) is -4.75. The van der Waals surface area contributed by atoms with Gasteiger partial charge in [-0.2, -0.15) is 0 Å². The summed E-state index contributed by atoms with van der Waals surface area (Å²) in [6.07, 6.45) is 6.28. The molecule has 2 saturated heterocycles. The van der Waals surface area contributed by atoms with E-state index in [-0.39, 0.29) is 51.0 Å². The summed E-state index contributed by atoms with van der Waals surface area (Å²) < 4.78 is 60.6. The number of hydrogen-bond donors (Lipinski definition) is 9. The predicted octanol–water partition coefficient (Wildman–Crippen LogP) is 10.0. The fourth-order valence-corrected chi connectivity index (χ4v) is 17.7. The fraction of sp³-hybridized carbons (Fsp3) is 0.521. The molecule has 29 nitrogen and oxygen atoms in total. The van der Waals surface area contributed by atoms with Crippen LogP contribution < -0.4 is 45.5 Å². The SMILES string of the molecule is C=C[C@@H]1C[C@]1(NC(=O)[C@@H]1C[C@@H](Oc2cc(-c3csc(NC)n3)nc3cc(OC)ccc23)CN1C(=O)[C@@H](NC(=O)OC1CCCC1)C(C)(C)C)P(=O)(O)O.C=C[C@@H]1C[C@]1(NC(=O)[C@@H]1C[C@@H](Oc2cc(-c3cscn3)nc3cc(OC)ccc23)CN1C(=O)[C@@H](NC(=O)OC1CCCC1)C(C)(C)C)P(=O)(O)O. The second-order valence-electron chi connectivity index (χ2n) is 29.4. The Morgan fingerprint density at radius 1 is 0.606 bits per heavy atom. The molecule has 4 saturated carbocycles. The Kier molecular flexibility index (Phi) is 22.7. The number of likely N-dealkylation sites (tertiary alicyclic amines) is 2. The quantitative estimate of drug-likeness (QED) is 0.0213. The van der Waals surface area contributed by atoms with Gasteiger partial charge >= 0.3 is 27.4 Å². The number of thiazole rings is 2. The summed E-state index contributed by atoms with van der Waals surface area (Å²) in [4.78, 5) is 146. The largest absolute Gasteiger partial charge is 0.497 e. The van der Waals surface area contributed by atoms with Crippen molar-refractivity contribution < 1.29 is 85.9 Å². The van der Waals surface area contributed by atoms with Gasteiger partial charge in [-0.25, -0.2) is 29.5 Å². The van der Waals surface area contributed by atoms with Crippen LogP contribution in [0.3, 0.4) is 0 Å². The first-order valence-corrected chi connectivity index (χ1v) is 39.6. The Balaban J connectivity index is 0.000000208. The minimum Gasteiger partial charge on any atom is -0.497 e. The van der Waals surface area contributed by atoms with Crippen LogP contribution in [0.2, 0.25) is 0 Å². The molecule has 560 valence electrons. The molecule has 6 heterocycles. The van der Waals surface area contributed by atoms with Crippen LogP contribution in [0.15, 0.2) is 90.1 Å². The third-order valence-corrected chi connectivity index (χ3v) is 24.9. The van der Waals surface area contributed by atoms with Gasteiger partial charge in [0.15, 0.2) is 5.13 Å². The lowest BCUT2D eigenvalue weighted by Gasteiger charge is -2.35. The maximum absolute atomic E-state index is 14.5. The van der Waals surface area contributed by atoms with Crippen LogP contribution in [0.4, 0.5) is 14.7 Å². The number of nitrogens with zero attached hydrogens (tertiary/aromatic N) is 6. The summed E-state index contributed by atoms with van der Waals surface area (Å²) >= 11 is 2.83. The first-order chi connectivity index (χ1) is 49.2. The van der Waals surface area contributed by atoms with E-state index < -0.39 is 121 Å². The van der Waals surface area contributed by atoms with E-state index in [1.807, 2.05) is 22.9 Å². The normalized spacial score (nSPS) is 23.9. The van der Waals surface area contributed by atoms with Crippen molar-refractivity contribution in [1.82, 2.24) is 51.0 Å². The molecule has 12 rings (SSSR count). The van der Waals surface area contributed by atoms with Crippen LogP contribution >= 0.6 is 37.9 Å². The van der Waals surface area contributed by atoms with E-state index in [1.165, 1.54) is 44.6 Å². The average Bonchev–Trinajstić information content (AvgIpc) is 1.57. The van der Waals surface area contributed by atoms with Crippen LogP contribution in [-0.4, -0.2) is 179 Å². The van der Waals surface area contributed by atoms with Gasteiger partial charge in [0.1, 0.15) is 87.8 Å². The van der Waals surface area contributed by atoms with E-state index in [9.17, 15) is 57.5 Å². The Bertz CT molecular complexity index is 4340. The number of rotatable bonds is 23. The summed E-state index contributed by atoms with van der Waals surface area (Å²) in [6, 6.07) is 9.66. The van der Waals surface area contributed by atoms with E-state index in [2.05, 4.69) is 49.7 Å². The molecule has 6 fully saturated rings. The van der Waals surface area contributed by atoms with E-state index >= 15 is 0 Å². The molecule has 0 bridgehead atoms. The number of aromatic nitrogens is 4. The highest BCUT2D eigenvalue weighted by Crippen LogP contribution is 2.68. The molecule has 33 heteroatoms. The van der Waals surface area contributed by atoms with Crippen LogP contribution in [0.5, 0.6) is 23.0 Å². The lowest BCUT2D eigenvalue weighted by molar-refractivity contribution is -0.142. The third kappa shape index (κ3) is 16.7. The van der Waals surface area contributed by atoms with Crippen LogP contribution in [-0.2, 0) is 37.8 Å². The molecule has 6 aromatic rings. The summed E-state index contributed by atoms with van der Waals surface area (Å²) in [5.41, 5.74) is 3.58. The zero-order valence-electron chi connectivity index (χ0n) is 59.5. The standard InChI is InChI=1S/C36H47N6O9PS.C35H44N5O9PS/c1-7-20-17-36(20,52(46,47)48)41-31(43)28-15-23(18-42(28)32(44)30(35(2,3)4)40-34(45)51-21-10-8-9-11-21)50-29-16-26(27-19-53-33(37-5)39-27)38-25-14-22(49-6)12-13-24(25)29;1-6-20-16-35(20,50(44,45)46)39-31(41)28-14-23(17-40(28)32(42)30(34(2,3)4)38-33(43)49-21-9-7-8-10-21)48-29-15-26(27-18-51-19-36-27)37-25-13-22(47-5)11-12-24(25)29/h7,12-14,16,19-21,23,28,30H,1,8-11,15,17-18H2,2-6H3,(H,37,39)(H,40,45)(H,41,43)(H2,46,47,48);6,11-13,15,18-21,23,28,30H,1,7-10,14,16-17H2,2-5H3,(H,38,43)(H,39,41)(H2,44,45,46)/t20-,23-,28+,30-,36+;20-,23-,28+,30-,35+/m11/s1. The van der Waals surface area contributed by atoms with Crippen LogP contribution in [0.25, 0.3) is 44.6 Å². The Labute approximate surface area is 610 Å². The van der Waals surface area contributed by atoms with Crippen molar-refractivity contribution in [3.63, 3.8) is 0 Å². The maximum atomic E-state index is 14.5. The highest BCUT2D eigenvalue weighted by molar-refractivity contribution is 7.54. The van der Waals surface area contributed by atoms with Gasteiger partial charge < -0.3 is 84.4 Å². The lowest BCUT2D eigenvalue weighted by atomic mass is 9.85. The molecular weight excluding hydrogens is 1420 g/mol. The summed E-state index contributed by atoms with van der Waals surface area (Å²) in [5, 5.41) is 15.8. The van der Waals surface area contributed by atoms with Crippen LogP contribution in [0, 0.1) is 22.7 Å². The molecule has 0 unspecified atom stereocenters. The van der Waals surface area contributed by atoms with Gasteiger partial charge in [0.25, 0.3) is 0 Å². The van der Waals surface area contributed by atoms with Gasteiger partial charge in [-0.3, -0.25) is 28.3 Å². The van der Waals surface area contributed by atoms with Gasteiger partial charge in [0.05, 0.1) is 60.9 Å². The number of alkyl carbamates (subject to hydrolysis) is 2. The first kappa shape index (κ1) is 76.8. The van der Waals surface area contributed by atoms with Crippen molar-refractivity contribution in [1.29, 1.82) is 0 Å². The fourth-order valence-electron chi connectivity index (χ4n) is 14.1. The van der Waals surface area contributed by atoms with Crippen molar-refractivity contribution in [2.45, 2.75) is 178 Å². The zero-order valence-corrected chi connectivity index (χ0v) is 62.9. The van der Waals surface area contributed by atoms with E-state index in [1.54, 1.807) is 105 Å². The number of anilines is 1. The molecule has 2 aromatic carbocycles.